The van der Waals surface area contributed by atoms with Gasteiger partial charge in [-0.15, -0.1) is 0 Å². The quantitative estimate of drug-likeness (QED) is 0.654. The molecule has 0 aliphatic carbocycles. The van der Waals surface area contributed by atoms with E-state index >= 15 is 0 Å². The van der Waals surface area contributed by atoms with Gasteiger partial charge in [0, 0.05) is 36.7 Å². The molecule has 2 aromatic heterocycles. The van der Waals surface area contributed by atoms with E-state index in [0.29, 0.717) is 6.42 Å². The van der Waals surface area contributed by atoms with Crippen molar-refractivity contribution in [3.05, 3.63) is 28.7 Å². The molecular weight excluding hydrogens is 364 g/mol. The highest BCUT2D eigenvalue weighted by atomic mass is 16.2. The van der Waals surface area contributed by atoms with Crippen LogP contribution in [-0.2, 0) is 11.2 Å². The minimum Gasteiger partial charge on any atom is -0.331 e. The Morgan fingerprint density at radius 3 is 2.38 bits per heavy atom. The highest BCUT2D eigenvalue weighted by Gasteiger charge is 2.25. The van der Waals surface area contributed by atoms with Gasteiger partial charge in [0.15, 0.2) is 5.65 Å². The topological polar surface area (TPSA) is 59.4 Å². The zero-order chi connectivity index (χ0) is 20.4. The van der Waals surface area contributed by atoms with Gasteiger partial charge in [-0.1, -0.05) is 0 Å². The number of nitrogens with one attached hydrogen (secondary N) is 2. The molecule has 2 fully saturated rings. The summed E-state index contributed by atoms with van der Waals surface area (Å²) in [5.74, 6) is 0.282. The van der Waals surface area contributed by atoms with Crippen molar-refractivity contribution >= 4 is 11.6 Å². The predicted molar refractivity (Wildman–Crippen MR) is 112 cm³/mol. The average Bonchev–Trinajstić information content (AvgIpc) is 3.35. The van der Waals surface area contributed by atoms with E-state index in [0.717, 1.165) is 60.9 Å². The van der Waals surface area contributed by atoms with Crippen molar-refractivity contribution in [2.24, 2.45) is 0 Å². The fourth-order valence-electron chi connectivity index (χ4n) is 4.99. The van der Waals surface area contributed by atoms with E-state index in [1.807, 2.05) is 24.4 Å². The molecule has 29 heavy (non-hydrogen) atoms. The predicted octanol–water partition coefficient (Wildman–Crippen LogP) is -1.01. The van der Waals surface area contributed by atoms with Crippen LogP contribution in [0.5, 0.6) is 0 Å². The molecule has 0 bridgehead atoms. The molecule has 7 heteroatoms. The number of carbonyl (C=O) groups excluding carboxylic acids is 1. The first-order valence-electron chi connectivity index (χ1n) is 11.3. The average molecular weight is 401 g/mol. The Morgan fingerprint density at radius 1 is 1.03 bits per heavy atom. The summed E-state index contributed by atoms with van der Waals surface area (Å²) in [7, 11) is 0. The van der Waals surface area contributed by atoms with Crippen molar-refractivity contribution in [1.82, 2.24) is 19.5 Å². The summed E-state index contributed by atoms with van der Waals surface area (Å²) in [5.41, 5.74) is 5.14. The van der Waals surface area contributed by atoms with Crippen LogP contribution in [0.1, 0.15) is 41.9 Å². The normalized spacial score (nSPS) is 18.8. The molecule has 0 aromatic carbocycles. The van der Waals surface area contributed by atoms with Crippen molar-refractivity contribution in [3.63, 3.8) is 0 Å². The van der Waals surface area contributed by atoms with Crippen molar-refractivity contribution in [3.8, 4) is 0 Å². The lowest BCUT2D eigenvalue weighted by Gasteiger charge is -2.32. The Kier molecular flexibility index (Phi) is 6.15. The Labute approximate surface area is 173 Å². The second-order valence-electron chi connectivity index (χ2n) is 8.90. The molecule has 0 atom stereocenters. The number of aryl methyl sites for hydroxylation is 3. The second-order valence-corrected chi connectivity index (χ2v) is 8.90. The number of fused-ring (bicyclic) bond motifs is 1. The largest absolute Gasteiger partial charge is 0.331 e. The summed E-state index contributed by atoms with van der Waals surface area (Å²) in [5, 5.41) is 4.54. The van der Waals surface area contributed by atoms with Gasteiger partial charge in [-0.3, -0.25) is 4.79 Å². The molecule has 2 aromatic rings. The fraction of sp³-hybridized carbons (Fsp3) is 0.682. The Balaban J connectivity index is 1.27. The van der Waals surface area contributed by atoms with Crippen LogP contribution in [0.2, 0.25) is 0 Å². The van der Waals surface area contributed by atoms with Gasteiger partial charge in [-0.2, -0.15) is 5.10 Å². The third kappa shape index (κ3) is 4.61. The Bertz CT molecular complexity index is 862. The first-order valence-corrected chi connectivity index (χ1v) is 11.3. The molecule has 2 aliphatic heterocycles. The molecule has 7 nitrogen and oxygen atoms in total. The minimum atomic E-state index is 0.282. The van der Waals surface area contributed by atoms with Crippen LogP contribution in [0.3, 0.4) is 0 Å². The van der Waals surface area contributed by atoms with Crippen LogP contribution < -0.4 is 9.80 Å². The number of hydrogen-bond acceptors (Lipinski definition) is 3. The van der Waals surface area contributed by atoms with Crippen LogP contribution in [0, 0.1) is 20.8 Å². The van der Waals surface area contributed by atoms with E-state index in [1.54, 1.807) is 9.80 Å². The maximum absolute atomic E-state index is 12.8. The van der Waals surface area contributed by atoms with Crippen molar-refractivity contribution < 1.29 is 14.6 Å². The molecule has 0 saturated carbocycles. The minimum absolute atomic E-state index is 0.282. The van der Waals surface area contributed by atoms with Gasteiger partial charge in [-0.25, -0.2) is 9.50 Å². The molecule has 158 valence electrons. The summed E-state index contributed by atoms with van der Waals surface area (Å²) in [6.07, 6.45) is 4.09. The molecule has 2 aliphatic rings. The fourth-order valence-corrected chi connectivity index (χ4v) is 4.99. The van der Waals surface area contributed by atoms with E-state index in [4.69, 9.17) is 0 Å². The molecular formula is C22H36N6O+2. The van der Waals surface area contributed by atoms with Gasteiger partial charge in [0.05, 0.1) is 45.0 Å². The van der Waals surface area contributed by atoms with Crippen molar-refractivity contribution in [2.75, 3.05) is 52.4 Å². The summed E-state index contributed by atoms with van der Waals surface area (Å²) < 4.78 is 1.91. The number of amides is 1. The molecule has 2 N–H and O–H groups in total. The monoisotopic (exact) mass is 400 g/mol. The molecule has 0 radical (unpaired) electrons. The van der Waals surface area contributed by atoms with Gasteiger partial charge in [-0.05, 0) is 32.8 Å². The Hall–Kier alpha value is -1.99. The van der Waals surface area contributed by atoms with E-state index < -0.39 is 0 Å². The SMILES string of the molecule is Cc1cc2nc(C)c(CCC(=O)N3CC[NH+](CC[NH+]4CCCC4)CC3)c(C)n2n1. The number of hydrogen-bond donors (Lipinski definition) is 2. The van der Waals surface area contributed by atoms with E-state index in [9.17, 15) is 4.79 Å². The van der Waals surface area contributed by atoms with Crippen molar-refractivity contribution in [2.45, 2.75) is 46.5 Å². The van der Waals surface area contributed by atoms with E-state index in [1.165, 1.54) is 39.0 Å². The smallest absolute Gasteiger partial charge is 0.223 e. The van der Waals surface area contributed by atoms with Crippen LogP contribution in [-0.4, -0.2) is 77.8 Å². The highest BCUT2D eigenvalue weighted by molar-refractivity contribution is 5.76. The maximum atomic E-state index is 12.8. The second kappa shape index (κ2) is 8.79. The van der Waals surface area contributed by atoms with Crippen LogP contribution in [0.15, 0.2) is 6.07 Å². The van der Waals surface area contributed by atoms with Gasteiger partial charge in [0.2, 0.25) is 5.91 Å². The number of nitrogens with zero attached hydrogens (tertiary/aromatic N) is 4. The standard InChI is InChI=1S/C22H34N6O/c1-17-16-21-23-18(2)20(19(3)28(21)24-17)6-7-22(29)27-14-12-26(13-15-27)11-10-25-8-4-5-9-25/h16H,4-15H2,1-3H3/p+2. The van der Waals surface area contributed by atoms with Crippen molar-refractivity contribution in [1.29, 1.82) is 0 Å². The summed E-state index contributed by atoms with van der Waals surface area (Å²) >= 11 is 0. The zero-order valence-electron chi connectivity index (χ0n) is 18.3. The van der Waals surface area contributed by atoms with Crippen LogP contribution in [0.25, 0.3) is 5.65 Å². The lowest BCUT2D eigenvalue weighted by molar-refractivity contribution is -0.954. The summed E-state index contributed by atoms with van der Waals surface area (Å²) in [6, 6.07) is 2.00. The lowest BCUT2D eigenvalue weighted by atomic mass is 10.1. The number of rotatable bonds is 6. The zero-order valence-corrected chi connectivity index (χ0v) is 18.3. The number of carbonyl (C=O) groups is 1. The van der Waals surface area contributed by atoms with Gasteiger partial charge < -0.3 is 14.7 Å². The number of quaternary nitrogens is 2. The van der Waals surface area contributed by atoms with E-state index in [2.05, 4.69) is 21.9 Å². The van der Waals surface area contributed by atoms with Gasteiger partial charge >= 0.3 is 0 Å². The highest BCUT2D eigenvalue weighted by Crippen LogP contribution is 2.17. The lowest BCUT2D eigenvalue weighted by Crippen LogP contribution is -3.21. The Morgan fingerprint density at radius 2 is 1.69 bits per heavy atom. The first kappa shape index (κ1) is 20.3. The summed E-state index contributed by atoms with van der Waals surface area (Å²) in [4.78, 5) is 23.0. The molecule has 0 unspecified atom stereocenters. The number of likely N-dealkylation sites (tertiary alicyclic amines) is 1. The maximum Gasteiger partial charge on any atom is 0.223 e. The molecule has 2 saturated heterocycles. The van der Waals surface area contributed by atoms with Gasteiger partial charge in [0.25, 0.3) is 0 Å². The van der Waals surface area contributed by atoms with E-state index in [-0.39, 0.29) is 5.91 Å². The molecule has 4 rings (SSSR count). The summed E-state index contributed by atoms with van der Waals surface area (Å²) in [6.45, 7) is 15.4. The third-order valence-electron chi connectivity index (χ3n) is 6.84. The number of aromatic nitrogens is 3. The molecule has 1 amide bonds. The van der Waals surface area contributed by atoms with Gasteiger partial charge in [0.1, 0.15) is 13.1 Å². The molecule has 0 spiro atoms. The first-order chi connectivity index (χ1) is 14.0. The molecule has 4 heterocycles. The van der Waals surface area contributed by atoms with Crippen LogP contribution in [0.4, 0.5) is 0 Å². The number of piperazine rings is 1. The van der Waals surface area contributed by atoms with Crippen LogP contribution >= 0.6 is 0 Å². The third-order valence-corrected chi connectivity index (χ3v) is 6.84.